The van der Waals surface area contributed by atoms with Crippen molar-refractivity contribution in [1.82, 2.24) is 4.98 Å². The van der Waals surface area contributed by atoms with Gasteiger partial charge >= 0.3 is 0 Å². The zero-order valence-corrected chi connectivity index (χ0v) is 8.30. The molecule has 0 amide bonds. The highest BCUT2D eigenvalue weighted by atomic mass is 32.2. The Balaban J connectivity index is 3.61. The lowest BCUT2D eigenvalue weighted by Gasteiger charge is -2.05. The van der Waals surface area contributed by atoms with Crippen LogP contribution < -0.4 is 5.14 Å². The first-order valence-electron chi connectivity index (χ1n) is 3.68. The van der Waals surface area contributed by atoms with Crippen LogP contribution in [0.3, 0.4) is 0 Å². The van der Waals surface area contributed by atoms with Crippen LogP contribution in [0, 0.1) is 17.1 Å². The van der Waals surface area contributed by atoms with E-state index in [2.05, 4.69) is 10.1 Å². The van der Waals surface area contributed by atoms with E-state index in [4.69, 9.17) is 5.26 Å². The molecule has 1 heterocycles. The zero-order chi connectivity index (χ0) is 12.5. The summed E-state index contributed by atoms with van der Waals surface area (Å²) in [6.45, 7) is 0. The fraction of sp³-hybridized carbons (Fsp3) is 0.143. The Morgan fingerprint density at radius 2 is 2.06 bits per heavy atom. The van der Waals surface area contributed by atoms with Gasteiger partial charge in [0, 0.05) is 6.20 Å². The van der Waals surface area contributed by atoms with Crippen molar-refractivity contribution in [3.05, 3.63) is 23.1 Å². The number of nitrogens with zero attached hydrogens (tertiary/aromatic N) is 2. The fourth-order valence-electron chi connectivity index (χ4n) is 0.960. The molecule has 0 bridgehead atoms. The van der Waals surface area contributed by atoms with Gasteiger partial charge < -0.3 is 0 Å². The Morgan fingerprint density at radius 3 is 2.44 bits per heavy atom. The maximum Gasteiger partial charge on any atom is 0.266 e. The summed E-state index contributed by atoms with van der Waals surface area (Å²) in [6.07, 6.45) is -2.72. The Labute approximate surface area is 88.4 Å². The third-order valence-electron chi connectivity index (χ3n) is 1.63. The molecule has 0 unspecified atom stereocenters. The molecule has 5 nitrogen and oxygen atoms in total. The molecule has 2 N–H and O–H groups in total. The minimum atomic E-state index is -4.49. The van der Waals surface area contributed by atoms with Gasteiger partial charge in [-0.2, -0.15) is 5.26 Å². The van der Waals surface area contributed by atoms with Gasteiger partial charge in [0.05, 0.1) is 5.56 Å². The summed E-state index contributed by atoms with van der Waals surface area (Å²) in [6, 6.07) is 1.14. The van der Waals surface area contributed by atoms with Crippen LogP contribution in [0.2, 0.25) is 0 Å². The molecule has 1 aromatic rings. The second-order valence-corrected chi connectivity index (χ2v) is 4.14. The van der Waals surface area contributed by atoms with Gasteiger partial charge in [0.2, 0.25) is 5.03 Å². The number of hydrogen-bond donors (Lipinski definition) is 1. The lowest BCUT2D eigenvalue weighted by molar-refractivity contribution is 0.149. The number of nitrogens with two attached hydrogens (primary N) is 1. The average molecular weight is 251 g/mol. The molecule has 0 aliphatic carbocycles. The molecule has 0 aliphatic rings. The van der Waals surface area contributed by atoms with Crippen LogP contribution in [0.5, 0.6) is 0 Å². The zero-order valence-electron chi connectivity index (χ0n) is 7.49. The molecule has 0 aliphatic heterocycles. The predicted molar refractivity (Wildman–Crippen MR) is 45.2 cm³/mol. The second kappa shape index (κ2) is 4.07. The smallest absolute Gasteiger partial charge is 0.240 e. The van der Waals surface area contributed by atoms with E-state index in [-0.39, 0.29) is 0 Å². The first-order chi connectivity index (χ1) is 7.29. The van der Waals surface area contributed by atoms with Crippen molar-refractivity contribution in [2.45, 2.75) is 11.5 Å². The van der Waals surface area contributed by atoms with Crippen molar-refractivity contribution in [3.8, 4) is 6.07 Å². The number of alkyl halides is 2. The van der Waals surface area contributed by atoms with Crippen molar-refractivity contribution in [2.75, 3.05) is 0 Å². The summed E-state index contributed by atoms with van der Waals surface area (Å²) in [5.41, 5.74) is -2.05. The molecule has 0 saturated carbocycles. The maximum absolute atomic E-state index is 13.3. The molecule has 0 saturated heterocycles. The van der Waals surface area contributed by atoms with Crippen LogP contribution in [0.4, 0.5) is 13.2 Å². The molecule has 1 rings (SSSR count). The van der Waals surface area contributed by atoms with E-state index in [1.54, 1.807) is 0 Å². The summed E-state index contributed by atoms with van der Waals surface area (Å²) < 4.78 is 59.4. The van der Waals surface area contributed by atoms with E-state index < -0.39 is 38.4 Å². The Morgan fingerprint density at radius 1 is 1.50 bits per heavy atom. The van der Waals surface area contributed by atoms with Crippen molar-refractivity contribution in [2.24, 2.45) is 5.14 Å². The number of rotatable bonds is 2. The van der Waals surface area contributed by atoms with E-state index in [9.17, 15) is 21.6 Å². The van der Waals surface area contributed by atoms with E-state index in [0.29, 0.717) is 6.20 Å². The lowest BCUT2D eigenvalue weighted by Crippen LogP contribution is -2.17. The molecular weight excluding hydrogens is 247 g/mol. The number of aromatic nitrogens is 1. The van der Waals surface area contributed by atoms with E-state index in [0.717, 1.165) is 6.07 Å². The molecule has 0 radical (unpaired) electrons. The van der Waals surface area contributed by atoms with Gasteiger partial charge in [0.1, 0.15) is 11.6 Å². The van der Waals surface area contributed by atoms with Gasteiger partial charge in [0.25, 0.3) is 16.4 Å². The SMILES string of the molecule is N#Cc1c(C(F)F)cnc(S(N)(=O)=O)c1F. The van der Waals surface area contributed by atoms with Crippen LogP contribution in [0.1, 0.15) is 17.6 Å². The highest BCUT2D eigenvalue weighted by Crippen LogP contribution is 2.25. The van der Waals surface area contributed by atoms with Crippen LogP contribution >= 0.6 is 0 Å². The highest BCUT2D eigenvalue weighted by molar-refractivity contribution is 7.89. The molecule has 9 heteroatoms. The van der Waals surface area contributed by atoms with Gasteiger partial charge in [-0.3, -0.25) is 0 Å². The van der Waals surface area contributed by atoms with Gasteiger partial charge in [-0.05, 0) is 0 Å². The van der Waals surface area contributed by atoms with Crippen molar-refractivity contribution >= 4 is 10.0 Å². The quantitative estimate of drug-likeness (QED) is 0.835. The van der Waals surface area contributed by atoms with Crippen molar-refractivity contribution in [3.63, 3.8) is 0 Å². The van der Waals surface area contributed by atoms with Crippen LogP contribution in [0.15, 0.2) is 11.2 Å². The number of pyridine rings is 1. The third kappa shape index (κ3) is 2.12. The summed E-state index contributed by atoms with van der Waals surface area (Å²) in [5.74, 6) is -1.66. The molecule has 0 fully saturated rings. The maximum atomic E-state index is 13.3. The van der Waals surface area contributed by atoms with Gasteiger partial charge in [0.15, 0.2) is 5.82 Å². The number of sulfonamides is 1. The largest absolute Gasteiger partial charge is 0.266 e. The molecule has 1 aromatic heterocycles. The summed E-state index contributed by atoms with van der Waals surface area (Å²) >= 11 is 0. The van der Waals surface area contributed by atoms with Gasteiger partial charge in [-0.25, -0.2) is 31.7 Å². The fourth-order valence-corrected chi connectivity index (χ4v) is 1.51. The summed E-state index contributed by atoms with van der Waals surface area (Å²) in [5, 5.41) is 11.8. The molecule has 0 atom stereocenters. The van der Waals surface area contributed by atoms with Gasteiger partial charge in [-0.15, -0.1) is 0 Å². The molecule has 0 spiro atoms. The highest BCUT2D eigenvalue weighted by Gasteiger charge is 2.25. The van der Waals surface area contributed by atoms with E-state index in [1.165, 1.54) is 0 Å². The number of halogens is 3. The Hall–Kier alpha value is -1.66. The molecule has 16 heavy (non-hydrogen) atoms. The first-order valence-corrected chi connectivity index (χ1v) is 5.23. The standard InChI is InChI=1S/C7H4F3N3O2S/c8-5-3(1-11)4(6(9)10)2-13-7(5)16(12,14)15/h2,6H,(H2,12,14,15). The Kier molecular flexibility index (Phi) is 3.16. The monoisotopic (exact) mass is 251 g/mol. The topological polar surface area (TPSA) is 96.8 Å². The average Bonchev–Trinajstić information content (AvgIpc) is 2.14. The van der Waals surface area contributed by atoms with E-state index in [1.807, 2.05) is 0 Å². The lowest BCUT2D eigenvalue weighted by atomic mass is 10.1. The van der Waals surface area contributed by atoms with Crippen LogP contribution in [-0.4, -0.2) is 13.4 Å². The molecule has 86 valence electrons. The summed E-state index contributed by atoms with van der Waals surface area (Å²) in [4.78, 5) is 2.96. The normalized spacial score (nSPS) is 11.5. The molecular formula is C7H4F3N3O2S. The Bertz CT molecular complexity index is 565. The predicted octanol–water partition coefficient (Wildman–Crippen LogP) is 0.677. The number of primary sulfonamides is 1. The second-order valence-electron chi connectivity index (χ2n) is 2.67. The van der Waals surface area contributed by atoms with Crippen molar-refractivity contribution in [1.29, 1.82) is 5.26 Å². The molecule has 0 aromatic carbocycles. The number of nitriles is 1. The number of hydrogen-bond acceptors (Lipinski definition) is 4. The third-order valence-corrected chi connectivity index (χ3v) is 2.46. The van der Waals surface area contributed by atoms with E-state index >= 15 is 0 Å². The van der Waals surface area contributed by atoms with Crippen LogP contribution in [-0.2, 0) is 10.0 Å². The minimum absolute atomic E-state index is 0.409. The van der Waals surface area contributed by atoms with Crippen molar-refractivity contribution < 1.29 is 21.6 Å². The first kappa shape index (κ1) is 12.4. The van der Waals surface area contributed by atoms with Crippen LogP contribution in [0.25, 0.3) is 0 Å². The summed E-state index contributed by atoms with van der Waals surface area (Å²) in [7, 11) is -4.49. The van der Waals surface area contributed by atoms with Gasteiger partial charge in [-0.1, -0.05) is 0 Å². The minimum Gasteiger partial charge on any atom is -0.240 e.